The van der Waals surface area contributed by atoms with Gasteiger partial charge in [-0.3, -0.25) is 4.90 Å². The molecule has 1 aromatic carbocycles. The number of nitrogens with two attached hydrogens (primary N) is 1. The zero-order valence-corrected chi connectivity index (χ0v) is 11.5. The van der Waals surface area contributed by atoms with Crippen molar-refractivity contribution in [3.63, 3.8) is 0 Å². The topological polar surface area (TPSA) is 57.9 Å². The quantitative estimate of drug-likeness (QED) is 0.783. The molecule has 1 heterocycles. The van der Waals surface area contributed by atoms with Gasteiger partial charge in [0.2, 0.25) is 0 Å². The third-order valence-corrected chi connectivity index (χ3v) is 3.77. The van der Waals surface area contributed by atoms with Crippen molar-refractivity contribution in [2.24, 2.45) is 0 Å². The van der Waals surface area contributed by atoms with E-state index in [1.165, 1.54) is 32.2 Å². The summed E-state index contributed by atoms with van der Waals surface area (Å²) in [5.74, 6) is 1.06. The number of imidazole rings is 1. The van der Waals surface area contributed by atoms with E-state index in [9.17, 15) is 0 Å². The first-order valence-electron chi connectivity index (χ1n) is 7.24. The fourth-order valence-electron chi connectivity index (χ4n) is 2.54. The number of fused-ring (bicyclic) bond motifs is 1. The van der Waals surface area contributed by atoms with Crippen molar-refractivity contribution in [2.45, 2.75) is 45.2 Å². The first-order chi connectivity index (χ1) is 9.26. The van der Waals surface area contributed by atoms with E-state index in [0.717, 1.165) is 35.1 Å². The molecule has 3 N–H and O–H groups in total. The Morgan fingerprint density at radius 1 is 1.42 bits per heavy atom. The van der Waals surface area contributed by atoms with Crippen molar-refractivity contribution in [1.82, 2.24) is 14.9 Å². The van der Waals surface area contributed by atoms with Crippen LogP contribution in [0.3, 0.4) is 0 Å². The van der Waals surface area contributed by atoms with Crippen LogP contribution in [0.5, 0.6) is 0 Å². The van der Waals surface area contributed by atoms with Crippen LogP contribution in [0, 0.1) is 0 Å². The summed E-state index contributed by atoms with van der Waals surface area (Å²) in [5.41, 5.74) is 8.64. The lowest BCUT2D eigenvalue weighted by Crippen LogP contribution is -2.27. The molecule has 19 heavy (non-hydrogen) atoms. The van der Waals surface area contributed by atoms with E-state index >= 15 is 0 Å². The van der Waals surface area contributed by atoms with E-state index < -0.39 is 0 Å². The Morgan fingerprint density at radius 2 is 2.26 bits per heavy atom. The predicted octanol–water partition coefficient (Wildman–Crippen LogP) is 2.91. The molecule has 0 atom stereocenters. The van der Waals surface area contributed by atoms with E-state index in [1.54, 1.807) is 0 Å². The number of hydrogen-bond acceptors (Lipinski definition) is 3. The molecule has 0 unspecified atom stereocenters. The summed E-state index contributed by atoms with van der Waals surface area (Å²) in [7, 11) is 0. The molecule has 0 spiro atoms. The Morgan fingerprint density at radius 3 is 3.00 bits per heavy atom. The van der Waals surface area contributed by atoms with Crippen molar-refractivity contribution < 1.29 is 0 Å². The molecule has 0 saturated heterocycles. The van der Waals surface area contributed by atoms with Gasteiger partial charge in [-0.1, -0.05) is 13.3 Å². The van der Waals surface area contributed by atoms with E-state index in [-0.39, 0.29) is 0 Å². The third-order valence-electron chi connectivity index (χ3n) is 3.77. The molecule has 4 nitrogen and oxygen atoms in total. The molecular weight excluding hydrogens is 236 g/mol. The van der Waals surface area contributed by atoms with Gasteiger partial charge in [0.1, 0.15) is 5.82 Å². The second-order valence-electron chi connectivity index (χ2n) is 5.52. The Balaban J connectivity index is 1.75. The minimum absolute atomic E-state index is 0.782. The largest absolute Gasteiger partial charge is 0.399 e. The first kappa shape index (κ1) is 12.5. The summed E-state index contributed by atoms with van der Waals surface area (Å²) in [6.07, 6.45) is 5.21. The highest BCUT2D eigenvalue weighted by Crippen LogP contribution is 2.28. The van der Waals surface area contributed by atoms with Crippen LogP contribution in [0.4, 0.5) is 5.69 Å². The Kier molecular flexibility index (Phi) is 3.42. The summed E-state index contributed by atoms with van der Waals surface area (Å²) >= 11 is 0. The van der Waals surface area contributed by atoms with Crippen LogP contribution in [-0.2, 0) is 6.54 Å². The Labute approximate surface area is 114 Å². The van der Waals surface area contributed by atoms with Crippen molar-refractivity contribution in [3.05, 3.63) is 24.0 Å². The van der Waals surface area contributed by atoms with Gasteiger partial charge in [-0.2, -0.15) is 0 Å². The molecule has 4 heteroatoms. The van der Waals surface area contributed by atoms with Gasteiger partial charge >= 0.3 is 0 Å². The lowest BCUT2D eigenvalue weighted by Gasteiger charge is -2.20. The highest BCUT2D eigenvalue weighted by molar-refractivity contribution is 5.78. The molecule has 2 aromatic rings. The van der Waals surface area contributed by atoms with Crippen LogP contribution in [0.15, 0.2) is 18.2 Å². The van der Waals surface area contributed by atoms with E-state index in [1.807, 2.05) is 18.2 Å². The maximum Gasteiger partial charge on any atom is 0.121 e. The highest BCUT2D eigenvalue weighted by Gasteiger charge is 2.28. The van der Waals surface area contributed by atoms with Gasteiger partial charge in [-0.15, -0.1) is 0 Å². The SMILES string of the molecule is CCCCN(Cc1nc2ccc(N)cc2[nH]1)C1CC1. The van der Waals surface area contributed by atoms with Crippen molar-refractivity contribution >= 4 is 16.7 Å². The summed E-state index contributed by atoms with van der Waals surface area (Å²) in [6.45, 7) is 4.36. The van der Waals surface area contributed by atoms with Gasteiger partial charge in [-0.25, -0.2) is 4.98 Å². The molecule has 1 aliphatic rings. The van der Waals surface area contributed by atoms with Crippen LogP contribution in [0.2, 0.25) is 0 Å². The number of nitrogens with one attached hydrogen (secondary N) is 1. The predicted molar refractivity (Wildman–Crippen MR) is 78.8 cm³/mol. The Hall–Kier alpha value is -1.55. The number of unbranched alkanes of at least 4 members (excludes halogenated alkanes) is 1. The van der Waals surface area contributed by atoms with Crippen LogP contribution in [0.1, 0.15) is 38.4 Å². The molecule has 1 fully saturated rings. The maximum atomic E-state index is 5.80. The van der Waals surface area contributed by atoms with E-state index in [2.05, 4.69) is 21.8 Å². The summed E-state index contributed by atoms with van der Waals surface area (Å²) in [5, 5.41) is 0. The number of nitrogen functional groups attached to an aromatic ring is 1. The van der Waals surface area contributed by atoms with Gasteiger partial charge in [-0.05, 0) is 44.0 Å². The zero-order valence-electron chi connectivity index (χ0n) is 11.5. The lowest BCUT2D eigenvalue weighted by atomic mass is 10.3. The smallest absolute Gasteiger partial charge is 0.121 e. The molecule has 1 aliphatic carbocycles. The normalized spacial score (nSPS) is 15.5. The number of hydrogen-bond donors (Lipinski definition) is 2. The number of rotatable bonds is 6. The average molecular weight is 258 g/mol. The number of H-pyrrole nitrogens is 1. The van der Waals surface area contributed by atoms with Crippen LogP contribution >= 0.6 is 0 Å². The summed E-state index contributed by atoms with van der Waals surface area (Å²) < 4.78 is 0. The molecule has 102 valence electrons. The van der Waals surface area contributed by atoms with Gasteiger partial charge in [0.15, 0.2) is 0 Å². The van der Waals surface area contributed by atoms with Crippen LogP contribution < -0.4 is 5.73 Å². The summed E-state index contributed by atoms with van der Waals surface area (Å²) in [4.78, 5) is 10.6. The lowest BCUT2D eigenvalue weighted by molar-refractivity contribution is 0.245. The highest BCUT2D eigenvalue weighted by atomic mass is 15.2. The molecule has 0 aliphatic heterocycles. The number of aromatic nitrogens is 2. The van der Waals surface area contributed by atoms with Gasteiger partial charge < -0.3 is 10.7 Å². The van der Waals surface area contributed by atoms with Gasteiger partial charge in [0, 0.05) is 11.7 Å². The zero-order chi connectivity index (χ0) is 13.2. The molecule has 0 radical (unpaired) electrons. The Bertz CT molecular complexity index is 556. The van der Waals surface area contributed by atoms with Crippen LogP contribution in [-0.4, -0.2) is 27.5 Å². The number of anilines is 1. The molecule has 0 amide bonds. The monoisotopic (exact) mass is 258 g/mol. The number of benzene rings is 1. The average Bonchev–Trinajstić information content (AvgIpc) is 3.15. The number of nitrogens with zero attached hydrogens (tertiary/aromatic N) is 2. The van der Waals surface area contributed by atoms with Crippen molar-refractivity contribution in [2.75, 3.05) is 12.3 Å². The molecule has 0 bridgehead atoms. The number of aromatic amines is 1. The first-order valence-corrected chi connectivity index (χ1v) is 7.24. The molecule has 1 aromatic heterocycles. The summed E-state index contributed by atoms with van der Waals surface area (Å²) in [6, 6.07) is 6.63. The van der Waals surface area contributed by atoms with Crippen molar-refractivity contribution in [3.8, 4) is 0 Å². The molecule has 1 saturated carbocycles. The fraction of sp³-hybridized carbons (Fsp3) is 0.533. The molecule has 3 rings (SSSR count). The maximum absolute atomic E-state index is 5.80. The second-order valence-corrected chi connectivity index (χ2v) is 5.52. The van der Waals surface area contributed by atoms with Gasteiger partial charge in [0.25, 0.3) is 0 Å². The third kappa shape index (κ3) is 2.89. The van der Waals surface area contributed by atoms with E-state index in [4.69, 9.17) is 5.73 Å². The fourth-order valence-corrected chi connectivity index (χ4v) is 2.54. The van der Waals surface area contributed by atoms with Crippen molar-refractivity contribution in [1.29, 1.82) is 0 Å². The minimum atomic E-state index is 0.782. The second kappa shape index (κ2) is 5.21. The van der Waals surface area contributed by atoms with Crippen LogP contribution in [0.25, 0.3) is 11.0 Å². The van der Waals surface area contributed by atoms with Gasteiger partial charge in [0.05, 0.1) is 17.6 Å². The standard InChI is InChI=1S/C15H22N4/c1-2-3-8-19(12-5-6-12)10-15-17-13-7-4-11(16)9-14(13)18-15/h4,7,9,12H,2-3,5-6,8,10,16H2,1H3,(H,17,18). The van der Waals surface area contributed by atoms with E-state index in [0.29, 0.717) is 0 Å². The minimum Gasteiger partial charge on any atom is -0.399 e. The molecular formula is C15H22N4.